The molecule has 0 saturated carbocycles. The van der Waals surface area contributed by atoms with Crippen LogP contribution in [-0.4, -0.2) is 15.0 Å². The molecule has 0 saturated heterocycles. The lowest BCUT2D eigenvalue weighted by atomic mass is 9.76. The number of aromatic nitrogens is 3. The van der Waals surface area contributed by atoms with E-state index in [9.17, 15) is 0 Å². The van der Waals surface area contributed by atoms with Gasteiger partial charge in [0.2, 0.25) is 0 Å². The Labute approximate surface area is 321 Å². The van der Waals surface area contributed by atoms with E-state index in [4.69, 9.17) is 19.4 Å². The molecule has 8 aromatic rings. The van der Waals surface area contributed by atoms with Crippen LogP contribution in [0.25, 0.3) is 72.7 Å². The van der Waals surface area contributed by atoms with Crippen molar-refractivity contribution in [3.05, 3.63) is 205 Å². The monoisotopic (exact) mass is 709 g/mol. The van der Waals surface area contributed by atoms with Crippen molar-refractivity contribution in [1.82, 2.24) is 15.0 Å². The SMILES string of the molecule is C\C=C/C(=C\C=C\c1ccc2c(c1)oc1cccc(-c3nc(C4=CCC(C)(c5ccccc5)C=C4)nc(-c4ccc5ccccc5c4)n3)c12)c1ccccc1. The molecule has 2 aromatic heterocycles. The molecule has 1 aliphatic carbocycles. The Balaban J connectivity index is 1.13. The van der Waals surface area contributed by atoms with Crippen LogP contribution in [0.4, 0.5) is 0 Å². The third kappa shape index (κ3) is 6.75. The van der Waals surface area contributed by atoms with E-state index in [1.807, 2.05) is 25.1 Å². The van der Waals surface area contributed by atoms with Crippen LogP contribution in [0.15, 0.2) is 186 Å². The molecule has 2 heterocycles. The minimum Gasteiger partial charge on any atom is -0.456 e. The van der Waals surface area contributed by atoms with Gasteiger partial charge in [-0.1, -0.05) is 171 Å². The van der Waals surface area contributed by atoms with Crippen LogP contribution in [-0.2, 0) is 5.41 Å². The molecule has 1 aliphatic rings. The molecule has 6 aromatic carbocycles. The highest BCUT2D eigenvalue weighted by molar-refractivity contribution is 6.12. The maximum atomic E-state index is 6.51. The number of furan rings is 1. The fourth-order valence-electron chi connectivity index (χ4n) is 7.47. The number of rotatable bonds is 8. The van der Waals surface area contributed by atoms with Gasteiger partial charge in [-0.25, -0.2) is 15.0 Å². The van der Waals surface area contributed by atoms with E-state index in [-0.39, 0.29) is 5.41 Å². The molecule has 0 spiro atoms. The van der Waals surface area contributed by atoms with Crippen LogP contribution in [0, 0.1) is 0 Å². The zero-order chi connectivity index (χ0) is 37.2. The fraction of sp³-hybridized carbons (Fsp3) is 0.0784. The molecule has 0 amide bonds. The van der Waals surface area contributed by atoms with Gasteiger partial charge in [-0.05, 0) is 70.6 Å². The van der Waals surface area contributed by atoms with Gasteiger partial charge in [-0.3, -0.25) is 0 Å². The van der Waals surface area contributed by atoms with Crippen LogP contribution in [0.1, 0.15) is 42.8 Å². The second-order valence-electron chi connectivity index (χ2n) is 14.2. The standard InChI is InChI=1S/C51H39N3O/c1-3-14-36(37-16-6-4-7-17-37)20-12-15-35-25-28-43-46(33-35)55-45-24-13-23-44(47(43)45)50-53-48(39-29-31-51(2,32-30-39)42-21-8-5-9-22-42)52-49(54-50)41-27-26-38-18-10-11-19-40(38)34-41/h3-31,33-34H,32H2,1-2H3/b14-3-,15-12+,36-20+. The quantitative estimate of drug-likeness (QED) is 0.147. The number of fused-ring (bicyclic) bond motifs is 4. The van der Waals surface area contributed by atoms with Crippen molar-refractivity contribution in [3.63, 3.8) is 0 Å². The highest BCUT2D eigenvalue weighted by atomic mass is 16.3. The maximum Gasteiger partial charge on any atom is 0.164 e. The van der Waals surface area contributed by atoms with Crippen molar-refractivity contribution < 1.29 is 4.42 Å². The third-order valence-electron chi connectivity index (χ3n) is 10.5. The van der Waals surface area contributed by atoms with E-state index >= 15 is 0 Å². The Bertz CT molecular complexity index is 2860. The third-order valence-corrected chi connectivity index (χ3v) is 10.5. The summed E-state index contributed by atoms with van der Waals surface area (Å²) in [6.07, 6.45) is 18.1. The number of nitrogens with zero attached hydrogens (tertiary/aromatic N) is 3. The molecule has 0 bridgehead atoms. The molecule has 1 unspecified atom stereocenters. The highest BCUT2D eigenvalue weighted by Crippen LogP contribution is 2.39. The van der Waals surface area contributed by atoms with Gasteiger partial charge in [0.1, 0.15) is 11.2 Å². The molecule has 55 heavy (non-hydrogen) atoms. The van der Waals surface area contributed by atoms with E-state index in [0.717, 1.165) is 61.6 Å². The van der Waals surface area contributed by atoms with Crippen LogP contribution in [0.5, 0.6) is 0 Å². The molecule has 0 aliphatic heterocycles. The Morgan fingerprint density at radius 2 is 1.45 bits per heavy atom. The largest absolute Gasteiger partial charge is 0.456 e. The topological polar surface area (TPSA) is 51.8 Å². The molecule has 0 radical (unpaired) electrons. The van der Waals surface area contributed by atoms with Gasteiger partial charge in [-0.2, -0.15) is 0 Å². The zero-order valence-corrected chi connectivity index (χ0v) is 30.9. The van der Waals surface area contributed by atoms with Crippen LogP contribution >= 0.6 is 0 Å². The predicted octanol–water partition coefficient (Wildman–Crippen LogP) is 13.2. The number of allylic oxidation sites excluding steroid dienone is 9. The van der Waals surface area contributed by atoms with E-state index < -0.39 is 0 Å². The van der Waals surface area contributed by atoms with Crippen molar-refractivity contribution in [2.24, 2.45) is 0 Å². The first-order valence-corrected chi connectivity index (χ1v) is 18.8. The molecule has 9 rings (SSSR count). The van der Waals surface area contributed by atoms with Crippen molar-refractivity contribution in [3.8, 4) is 22.8 Å². The van der Waals surface area contributed by atoms with Gasteiger partial charge in [-0.15, -0.1) is 0 Å². The minimum absolute atomic E-state index is 0.107. The fourth-order valence-corrected chi connectivity index (χ4v) is 7.47. The van der Waals surface area contributed by atoms with Gasteiger partial charge in [0.05, 0.1) is 0 Å². The van der Waals surface area contributed by atoms with Crippen molar-refractivity contribution in [2.45, 2.75) is 25.7 Å². The lowest BCUT2D eigenvalue weighted by molar-refractivity contribution is 0.601. The number of hydrogen-bond donors (Lipinski definition) is 0. The second-order valence-corrected chi connectivity index (χ2v) is 14.2. The van der Waals surface area contributed by atoms with Crippen LogP contribution in [0.2, 0.25) is 0 Å². The first-order chi connectivity index (χ1) is 27.0. The molecule has 4 nitrogen and oxygen atoms in total. The van der Waals surface area contributed by atoms with Gasteiger partial charge >= 0.3 is 0 Å². The first kappa shape index (κ1) is 33.9. The average molecular weight is 710 g/mol. The molecule has 0 N–H and O–H groups in total. The van der Waals surface area contributed by atoms with Crippen molar-refractivity contribution >= 4 is 49.9 Å². The minimum atomic E-state index is -0.107. The smallest absolute Gasteiger partial charge is 0.164 e. The summed E-state index contributed by atoms with van der Waals surface area (Å²) in [4.78, 5) is 15.5. The molecule has 264 valence electrons. The Hall–Kier alpha value is -6.91. The van der Waals surface area contributed by atoms with Crippen molar-refractivity contribution in [2.75, 3.05) is 0 Å². The summed E-state index contributed by atoms with van der Waals surface area (Å²) >= 11 is 0. The maximum absolute atomic E-state index is 6.51. The normalized spacial score (nSPS) is 16.2. The first-order valence-electron chi connectivity index (χ1n) is 18.8. The van der Waals surface area contributed by atoms with Gasteiger partial charge in [0, 0.05) is 32.9 Å². The molecular weight excluding hydrogens is 671 g/mol. The van der Waals surface area contributed by atoms with E-state index in [0.29, 0.717) is 17.5 Å². The zero-order valence-electron chi connectivity index (χ0n) is 30.9. The summed E-state index contributed by atoms with van der Waals surface area (Å²) in [7, 11) is 0. The summed E-state index contributed by atoms with van der Waals surface area (Å²) in [5.74, 6) is 1.89. The van der Waals surface area contributed by atoms with E-state index in [1.165, 1.54) is 16.5 Å². The Morgan fingerprint density at radius 1 is 0.691 bits per heavy atom. The molecular formula is C51H39N3O. The number of benzene rings is 6. The van der Waals surface area contributed by atoms with Crippen LogP contribution < -0.4 is 0 Å². The predicted molar refractivity (Wildman–Crippen MR) is 229 cm³/mol. The average Bonchev–Trinajstić information content (AvgIpc) is 3.62. The number of hydrogen-bond acceptors (Lipinski definition) is 4. The molecule has 0 fully saturated rings. The Kier molecular flexibility index (Phi) is 8.93. The van der Waals surface area contributed by atoms with Gasteiger partial charge in [0.25, 0.3) is 0 Å². The van der Waals surface area contributed by atoms with Gasteiger partial charge in [0.15, 0.2) is 17.5 Å². The summed E-state index contributed by atoms with van der Waals surface area (Å²) in [5.41, 5.74) is 8.99. The summed E-state index contributed by atoms with van der Waals surface area (Å²) < 4.78 is 6.51. The second kappa shape index (κ2) is 14.5. The van der Waals surface area contributed by atoms with Gasteiger partial charge < -0.3 is 4.42 Å². The van der Waals surface area contributed by atoms with Crippen molar-refractivity contribution in [1.29, 1.82) is 0 Å². The summed E-state index contributed by atoms with van der Waals surface area (Å²) in [5, 5.41) is 4.31. The summed E-state index contributed by atoms with van der Waals surface area (Å²) in [6, 6.07) is 48.3. The lowest BCUT2D eigenvalue weighted by Gasteiger charge is -2.28. The highest BCUT2D eigenvalue weighted by Gasteiger charge is 2.26. The molecule has 1 atom stereocenters. The Morgan fingerprint density at radius 3 is 2.25 bits per heavy atom. The van der Waals surface area contributed by atoms with Crippen LogP contribution in [0.3, 0.4) is 0 Å². The van der Waals surface area contributed by atoms with E-state index in [2.05, 4.69) is 177 Å². The van der Waals surface area contributed by atoms with E-state index in [1.54, 1.807) is 0 Å². The lowest BCUT2D eigenvalue weighted by Crippen LogP contribution is -2.20. The summed E-state index contributed by atoms with van der Waals surface area (Å²) in [6.45, 7) is 4.32. The molecule has 4 heteroatoms.